The van der Waals surface area contributed by atoms with Crippen LogP contribution in [0.3, 0.4) is 0 Å². The summed E-state index contributed by atoms with van der Waals surface area (Å²) in [5, 5.41) is 14.3. The molecule has 0 unspecified atom stereocenters. The SMILES string of the molecule is CCN(C)Cc1cccc(CNc2ccc(C)cc2[N+](=O)[O-])c1. The Bertz CT molecular complexity index is 686. The van der Waals surface area contributed by atoms with Gasteiger partial charge in [-0.1, -0.05) is 37.3 Å². The molecule has 5 nitrogen and oxygen atoms in total. The molecule has 0 atom stereocenters. The molecule has 122 valence electrons. The van der Waals surface area contributed by atoms with E-state index in [-0.39, 0.29) is 10.6 Å². The third kappa shape index (κ3) is 4.79. The van der Waals surface area contributed by atoms with E-state index < -0.39 is 0 Å². The van der Waals surface area contributed by atoms with Crippen molar-refractivity contribution in [3.8, 4) is 0 Å². The minimum absolute atomic E-state index is 0.117. The fourth-order valence-corrected chi connectivity index (χ4v) is 2.40. The van der Waals surface area contributed by atoms with Gasteiger partial charge in [0, 0.05) is 19.2 Å². The average molecular weight is 313 g/mol. The highest BCUT2D eigenvalue weighted by atomic mass is 16.6. The molecular weight excluding hydrogens is 290 g/mol. The molecule has 0 saturated carbocycles. The normalized spacial score (nSPS) is 10.8. The van der Waals surface area contributed by atoms with Crippen LogP contribution in [0.15, 0.2) is 42.5 Å². The molecule has 0 aliphatic carbocycles. The zero-order valence-electron chi connectivity index (χ0n) is 13.9. The van der Waals surface area contributed by atoms with Gasteiger partial charge in [0.25, 0.3) is 5.69 Å². The number of hydrogen-bond donors (Lipinski definition) is 1. The lowest BCUT2D eigenvalue weighted by atomic mass is 10.1. The lowest BCUT2D eigenvalue weighted by molar-refractivity contribution is -0.384. The second kappa shape index (κ2) is 7.74. The van der Waals surface area contributed by atoms with Crippen LogP contribution in [0.1, 0.15) is 23.6 Å². The standard InChI is InChI=1S/C18H23N3O2/c1-4-20(3)13-16-7-5-6-15(11-16)12-19-17-9-8-14(2)10-18(17)21(22)23/h5-11,19H,4,12-13H2,1-3H3. The first-order chi connectivity index (χ1) is 11.0. The van der Waals surface area contributed by atoms with Crippen LogP contribution in [-0.2, 0) is 13.1 Å². The monoisotopic (exact) mass is 313 g/mol. The summed E-state index contributed by atoms with van der Waals surface area (Å²) in [7, 11) is 2.08. The van der Waals surface area contributed by atoms with Gasteiger partial charge in [0.15, 0.2) is 0 Å². The lowest BCUT2D eigenvalue weighted by Crippen LogP contribution is -2.16. The summed E-state index contributed by atoms with van der Waals surface area (Å²) >= 11 is 0. The first kappa shape index (κ1) is 17.0. The van der Waals surface area contributed by atoms with Crippen molar-refractivity contribution in [1.29, 1.82) is 0 Å². The summed E-state index contributed by atoms with van der Waals surface area (Å²) < 4.78 is 0. The maximum absolute atomic E-state index is 11.2. The smallest absolute Gasteiger partial charge is 0.292 e. The molecule has 2 aromatic carbocycles. The van der Waals surface area contributed by atoms with Crippen LogP contribution in [-0.4, -0.2) is 23.4 Å². The molecule has 0 saturated heterocycles. The van der Waals surface area contributed by atoms with Crippen LogP contribution in [0.4, 0.5) is 11.4 Å². The van der Waals surface area contributed by atoms with Crippen LogP contribution in [0.25, 0.3) is 0 Å². The van der Waals surface area contributed by atoms with E-state index in [1.165, 1.54) is 5.56 Å². The molecule has 0 spiro atoms. The topological polar surface area (TPSA) is 58.4 Å². The van der Waals surface area contributed by atoms with Crippen molar-refractivity contribution >= 4 is 11.4 Å². The van der Waals surface area contributed by atoms with E-state index in [1.54, 1.807) is 12.1 Å². The van der Waals surface area contributed by atoms with Gasteiger partial charge in [0.1, 0.15) is 5.69 Å². The number of rotatable bonds is 7. The maximum atomic E-state index is 11.2. The van der Waals surface area contributed by atoms with Gasteiger partial charge in [-0.3, -0.25) is 10.1 Å². The molecule has 0 fully saturated rings. The van der Waals surface area contributed by atoms with Crippen LogP contribution in [0.2, 0.25) is 0 Å². The number of aryl methyl sites for hydroxylation is 1. The molecule has 0 radical (unpaired) electrons. The highest BCUT2D eigenvalue weighted by Gasteiger charge is 2.13. The zero-order chi connectivity index (χ0) is 16.8. The van der Waals surface area contributed by atoms with Gasteiger partial charge in [0.2, 0.25) is 0 Å². The Kier molecular flexibility index (Phi) is 5.71. The van der Waals surface area contributed by atoms with Gasteiger partial charge in [-0.25, -0.2) is 0 Å². The van der Waals surface area contributed by atoms with Crippen molar-refractivity contribution in [1.82, 2.24) is 4.90 Å². The van der Waals surface area contributed by atoms with E-state index in [0.717, 1.165) is 24.2 Å². The van der Waals surface area contributed by atoms with E-state index in [0.29, 0.717) is 12.2 Å². The first-order valence-corrected chi connectivity index (χ1v) is 7.75. The summed E-state index contributed by atoms with van der Waals surface area (Å²) in [5.41, 5.74) is 3.91. The zero-order valence-corrected chi connectivity index (χ0v) is 13.9. The number of nitro benzene ring substituents is 1. The molecule has 0 bridgehead atoms. The van der Waals surface area contributed by atoms with Gasteiger partial charge in [-0.15, -0.1) is 0 Å². The minimum atomic E-state index is -0.345. The Balaban J connectivity index is 2.09. The van der Waals surface area contributed by atoms with Crippen LogP contribution in [0.5, 0.6) is 0 Å². The van der Waals surface area contributed by atoms with E-state index in [9.17, 15) is 10.1 Å². The van der Waals surface area contributed by atoms with Crippen LogP contribution in [0, 0.1) is 17.0 Å². The van der Waals surface area contributed by atoms with Crippen LogP contribution < -0.4 is 5.32 Å². The molecule has 0 aliphatic rings. The quantitative estimate of drug-likeness (QED) is 0.621. The van der Waals surface area contributed by atoms with Crippen LogP contribution >= 0.6 is 0 Å². The third-order valence-corrected chi connectivity index (χ3v) is 3.82. The maximum Gasteiger partial charge on any atom is 0.292 e. The lowest BCUT2D eigenvalue weighted by Gasteiger charge is -2.15. The molecule has 5 heteroatoms. The number of nitro groups is 1. The van der Waals surface area contributed by atoms with Crippen molar-refractivity contribution in [2.24, 2.45) is 0 Å². The van der Waals surface area contributed by atoms with Crippen molar-refractivity contribution < 1.29 is 4.92 Å². The minimum Gasteiger partial charge on any atom is -0.375 e. The van der Waals surface area contributed by atoms with Gasteiger partial charge < -0.3 is 10.2 Å². The number of benzene rings is 2. The summed E-state index contributed by atoms with van der Waals surface area (Å²) in [5.74, 6) is 0. The Labute approximate surface area is 137 Å². The summed E-state index contributed by atoms with van der Waals surface area (Å²) in [4.78, 5) is 13.0. The Hall–Kier alpha value is -2.40. The molecule has 0 amide bonds. The predicted molar refractivity (Wildman–Crippen MR) is 93.6 cm³/mol. The van der Waals surface area contributed by atoms with Crippen molar-refractivity contribution in [3.05, 3.63) is 69.3 Å². The fraction of sp³-hybridized carbons (Fsp3) is 0.333. The Morgan fingerprint density at radius 3 is 2.61 bits per heavy atom. The van der Waals surface area contributed by atoms with Gasteiger partial charge in [-0.2, -0.15) is 0 Å². The van der Waals surface area contributed by atoms with Gasteiger partial charge in [-0.05, 0) is 43.3 Å². The predicted octanol–water partition coefficient (Wildman–Crippen LogP) is 3.97. The molecule has 1 N–H and O–H groups in total. The number of nitrogens with one attached hydrogen (secondary N) is 1. The second-order valence-electron chi connectivity index (χ2n) is 5.78. The Morgan fingerprint density at radius 2 is 1.91 bits per heavy atom. The summed E-state index contributed by atoms with van der Waals surface area (Å²) in [6.07, 6.45) is 0. The van der Waals surface area contributed by atoms with Crippen molar-refractivity contribution in [2.75, 3.05) is 18.9 Å². The van der Waals surface area contributed by atoms with Crippen molar-refractivity contribution in [2.45, 2.75) is 26.9 Å². The average Bonchev–Trinajstić information content (AvgIpc) is 2.53. The summed E-state index contributed by atoms with van der Waals surface area (Å²) in [6.45, 7) is 6.44. The fourth-order valence-electron chi connectivity index (χ4n) is 2.40. The van der Waals surface area contributed by atoms with E-state index in [4.69, 9.17) is 0 Å². The number of anilines is 1. The van der Waals surface area contributed by atoms with Gasteiger partial charge in [0.05, 0.1) is 4.92 Å². The first-order valence-electron chi connectivity index (χ1n) is 7.75. The molecule has 2 aromatic rings. The molecule has 0 aromatic heterocycles. The molecule has 23 heavy (non-hydrogen) atoms. The van der Waals surface area contributed by atoms with E-state index in [2.05, 4.69) is 36.3 Å². The largest absolute Gasteiger partial charge is 0.375 e. The second-order valence-corrected chi connectivity index (χ2v) is 5.78. The van der Waals surface area contributed by atoms with E-state index >= 15 is 0 Å². The molecule has 0 aliphatic heterocycles. The highest BCUT2D eigenvalue weighted by molar-refractivity contribution is 5.62. The number of nitrogens with zero attached hydrogens (tertiary/aromatic N) is 2. The molecular formula is C18H23N3O2. The number of hydrogen-bond acceptors (Lipinski definition) is 4. The highest BCUT2D eigenvalue weighted by Crippen LogP contribution is 2.25. The third-order valence-electron chi connectivity index (χ3n) is 3.82. The molecule has 0 heterocycles. The molecule has 2 rings (SSSR count). The summed E-state index contributed by atoms with van der Waals surface area (Å²) in [6, 6.07) is 13.5. The van der Waals surface area contributed by atoms with Gasteiger partial charge >= 0.3 is 0 Å². The van der Waals surface area contributed by atoms with E-state index in [1.807, 2.05) is 25.1 Å². The van der Waals surface area contributed by atoms with Crippen molar-refractivity contribution in [3.63, 3.8) is 0 Å². The Morgan fingerprint density at radius 1 is 1.17 bits per heavy atom.